The molecule has 0 aliphatic rings. The molecule has 2 heterocycles. The maximum Gasteiger partial charge on any atom is 0.160 e. The van der Waals surface area contributed by atoms with Crippen molar-refractivity contribution in [2.45, 2.75) is 19.5 Å². The van der Waals surface area contributed by atoms with Gasteiger partial charge >= 0.3 is 0 Å². The number of nitrogens with two attached hydrogens (primary N) is 1. The third kappa shape index (κ3) is 2.05. The first kappa shape index (κ1) is 11.0. The van der Waals surface area contributed by atoms with Gasteiger partial charge in [0.05, 0.1) is 6.54 Å². The first-order valence-electron chi connectivity index (χ1n) is 5.36. The molecule has 0 aliphatic heterocycles. The monoisotopic (exact) mass is 220 g/mol. The van der Waals surface area contributed by atoms with E-state index in [2.05, 4.69) is 14.5 Å². The molecule has 0 fully saturated rings. The Bertz CT molecular complexity index is 466. The highest BCUT2D eigenvalue weighted by Gasteiger charge is 2.09. The van der Waals surface area contributed by atoms with Crippen LogP contribution in [0.3, 0.4) is 0 Å². The summed E-state index contributed by atoms with van der Waals surface area (Å²) in [7, 11) is 1.70. The SMILES string of the molecule is COCCCn1c(CN)nc2cccnc21. The molecule has 0 saturated carbocycles. The van der Waals surface area contributed by atoms with Crippen molar-refractivity contribution in [2.75, 3.05) is 13.7 Å². The van der Waals surface area contributed by atoms with Gasteiger partial charge in [0, 0.05) is 26.5 Å². The van der Waals surface area contributed by atoms with Crippen LogP contribution in [0.4, 0.5) is 0 Å². The van der Waals surface area contributed by atoms with Crippen molar-refractivity contribution in [2.24, 2.45) is 5.73 Å². The topological polar surface area (TPSA) is 66.0 Å². The molecule has 0 unspecified atom stereocenters. The number of hydrogen-bond donors (Lipinski definition) is 1. The van der Waals surface area contributed by atoms with Gasteiger partial charge in [-0.25, -0.2) is 9.97 Å². The number of aromatic nitrogens is 3. The molecular formula is C11H16N4O. The normalized spacial score (nSPS) is 11.1. The van der Waals surface area contributed by atoms with Gasteiger partial charge in [0.1, 0.15) is 11.3 Å². The molecule has 0 amide bonds. The van der Waals surface area contributed by atoms with E-state index < -0.39 is 0 Å². The number of fused-ring (bicyclic) bond motifs is 1. The minimum Gasteiger partial charge on any atom is -0.385 e. The van der Waals surface area contributed by atoms with Crippen molar-refractivity contribution >= 4 is 11.2 Å². The molecule has 0 spiro atoms. The Hall–Kier alpha value is -1.46. The zero-order chi connectivity index (χ0) is 11.4. The van der Waals surface area contributed by atoms with E-state index in [9.17, 15) is 0 Å². The summed E-state index contributed by atoms with van der Waals surface area (Å²) in [6.45, 7) is 2.01. The van der Waals surface area contributed by atoms with Crippen molar-refractivity contribution < 1.29 is 4.74 Å². The van der Waals surface area contributed by atoms with Gasteiger partial charge in [-0.05, 0) is 18.6 Å². The average molecular weight is 220 g/mol. The van der Waals surface area contributed by atoms with E-state index in [0.29, 0.717) is 6.54 Å². The molecule has 16 heavy (non-hydrogen) atoms. The maximum atomic E-state index is 5.68. The molecule has 2 N–H and O–H groups in total. The van der Waals surface area contributed by atoms with Crippen LogP contribution < -0.4 is 5.73 Å². The highest BCUT2D eigenvalue weighted by molar-refractivity contribution is 5.71. The van der Waals surface area contributed by atoms with Crippen LogP contribution in [-0.2, 0) is 17.8 Å². The summed E-state index contributed by atoms with van der Waals surface area (Å²) in [6.07, 6.45) is 2.71. The maximum absolute atomic E-state index is 5.68. The van der Waals surface area contributed by atoms with Gasteiger partial charge in [0.15, 0.2) is 5.65 Å². The summed E-state index contributed by atoms with van der Waals surface area (Å²) in [5.41, 5.74) is 7.48. The fourth-order valence-electron chi connectivity index (χ4n) is 1.76. The Labute approximate surface area is 94.2 Å². The van der Waals surface area contributed by atoms with Gasteiger partial charge in [0.25, 0.3) is 0 Å². The van der Waals surface area contributed by atoms with Crippen LogP contribution in [-0.4, -0.2) is 28.3 Å². The standard InChI is InChI=1S/C11H16N4O/c1-16-7-3-6-15-10(8-12)14-9-4-2-5-13-11(9)15/h2,4-5H,3,6-8,12H2,1H3. The Morgan fingerprint density at radius 2 is 2.38 bits per heavy atom. The van der Waals surface area contributed by atoms with E-state index in [0.717, 1.165) is 36.6 Å². The Balaban J connectivity index is 2.32. The molecule has 0 aromatic carbocycles. The minimum atomic E-state index is 0.434. The molecule has 5 nitrogen and oxygen atoms in total. The number of ether oxygens (including phenoxy) is 1. The zero-order valence-electron chi connectivity index (χ0n) is 9.39. The van der Waals surface area contributed by atoms with Gasteiger partial charge in [-0.3, -0.25) is 0 Å². The van der Waals surface area contributed by atoms with E-state index in [1.54, 1.807) is 13.3 Å². The molecule has 0 bridgehead atoms. The lowest BCUT2D eigenvalue weighted by Crippen LogP contribution is -2.10. The molecule has 0 radical (unpaired) electrons. The predicted molar refractivity (Wildman–Crippen MR) is 61.9 cm³/mol. The lowest BCUT2D eigenvalue weighted by molar-refractivity contribution is 0.190. The van der Waals surface area contributed by atoms with Crippen LogP contribution in [0.5, 0.6) is 0 Å². The average Bonchev–Trinajstić information content (AvgIpc) is 2.68. The highest BCUT2D eigenvalue weighted by atomic mass is 16.5. The summed E-state index contributed by atoms with van der Waals surface area (Å²) >= 11 is 0. The quantitative estimate of drug-likeness (QED) is 0.761. The highest BCUT2D eigenvalue weighted by Crippen LogP contribution is 2.13. The number of pyridine rings is 1. The molecule has 0 saturated heterocycles. The fraction of sp³-hybridized carbons (Fsp3) is 0.455. The zero-order valence-corrected chi connectivity index (χ0v) is 9.39. The van der Waals surface area contributed by atoms with E-state index >= 15 is 0 Å². The number of methoxy groups -OCH3 is 1. The minimum absolute atomic E-state index is 0.434. The van der Waals surface area contributed by atoms with Crippen LogP contribution in [0.25, 0.3) is 11.2 Å². The first-order chi connectivity index (χ1) is 7.86. The van der Waals surface area contributed by atoms with E-state index in [4.69, 9.17) is 10.5 Å². The predicted octanol–water partition coefficient (Wildman–Crippen LogP) is 0.926. The molecule has 0 atom stereocenters. The molecule has 5 heteroatoms. The van der Waals surface area contributed by atoms with Crippen molar-refractivity contribution in [1.29, 1.82) is 0 Å². The fourth-order valence-corrected chi connectivity index (χ4v) is 1.76. The van der Waals surface area contributed by atoms with Crippen LogP contribution in [0.15, 0.2) is 18.3 Å². The summed E-state index contributed by atoms with van der Waals surface area (Å²) in [4.78, 5) is 8.78. The van der Waals surface area contributed by atoms with Crippen molar-refractivity contribution in [3.8, 4) is 0 Å². The number of imidazole rings is 1. The summed E-state index contributed by atoms with van der Waals surface area (Å²) < 4.78 is 7.10. The second-order valence-corrected chi connectivity index (χ2v) is 3.58. The van der Waals surface area contributed by atoms with Crippen molar-refractivity contribution in [3.63, 3.8) is 0 Å². The van der Waals surface area contributed by atoms with Crippen LogP contribution in [0, 0.1) is 0 Å². The molecule has 86 valence electrons. The van der Waals surface area contributed by atoms with Gasteiger partial charge in [-0.15, -0.1) is 0 Å². The third-order valence-electron chi connectivity index (χ3n) is 2.50. The van der Waals surface area contributed by atoms with E-state index in [1.807, 2.05) is 12.1 Å². The number of rotatable bonds is 5. The Morgan fingerprint density at radius 1 is 1.50 bits per heavy atom. The third-order valence-corrected chi connectivity index (χ3v) is 2.50. The molecule has 2 aromatic heterocycles. The van der Waals surface area contributed by atoms with Gasteiger partial charge in [0.2, 0.25) is 0 Å². The lowest BCUT2D eigenvalue weighted by Gasteiger charge is -2.06. The van der Waals surface area contributed by atoms with Gasteiger partial charge < -0.3 is 15.0 Å². The summed E-state index contributed by atoms with van der Waals surface area (Å²) in [5, 5.41) is 0. The largest absolute Gasteiger partial charge is 0.385 e. The van der Waals surface area contributed by atoms with E-state index in [1.165, 1.54) is 0 Å². The first-order valence-corrected chi connectivity index (χ1v) is 5.36. The van der Waals surface area contributed by atoms with Crippen molar-refractivity contribution in [3.05, 3.63) is 24.2 Å². The van der Waals surface area contributed by atoms with Gasteiger partial charge in [-0.2, -0.15) is 0 Å². The number of nitrogens with zero attached hydrogens (tertiary/aromatic N) is 3. The number of aryl methyl sites for hydroxylation is 1. The lowest BCUT2D eigenvalue weighted by atomic mass is 10.4. The van der Waals surface area contributed by atoms with Crippen LogP contribution >= 0.6 is 0 Å². The Kier molecular flexibility index (Phi) is 3.48. The Morgan fingerprint density at radius 3 is 3.12 bits per heavy atom. The number of hydrogen-bond acceptors (Lipinski definition) is 4. The molecule has 2 aromatic rings. The second-order valence-electron chi connectivity index (χ2n) is 3.58. The molecular weight excluding hydrogens is 204 g/mol. The molecule has 2 rings (SSSR count). The van der Waals surface area contributed by atoms with Crippen LogP contribution in [0.1, 0.15) is 12.2 Å². The summed E-state index contributed by atoms with van der Waals surface area (Å²) in [6, 6.07) is 3.84. The second kappa shape index (κ2) is 5.05. The van der Waals surface area contributed by atoms with E-state index in [-0.39, 0.29) is 0 Å². The van der Waals surface area contributed by atoms with Gasteiger partial charge in [-0.1, -0.05) is 0 Å². The molecule has 0 aliphatic carbocycles. The smallest absolute Gasteiger partial charge is 0.160 e. The van der Waals surface area contributed by atoms with Crippen molar-refractivity contribution in [1.82, 2.24) is 14.5 Å². The summed E-state index contributed by atoms with van der Waals surface area (Å²) in [5.74, 6) is 0.879. The van der Waals surface area contributed by atoms with Crippen LogP contribution in [0.2, 0.25) is 0 Å².